The van der Waals surface area contributed by atoms with Crippen LogP contribution in [0.2, 0.25) is 0 Å². The highest BCUT2D eigenvalue weighted by atomic mass is 16.5. The van der Waals surface area contributed by atoms with Crippen LogP contribution in [-0.2, 0) is 9.53 Å². The minimum Gasteiger partial charge on any atom is -0.463 e. The summed E-state index contributed by atoms with van der Waals surface area (Å²) < 4.78 is 4.79. The van der Waals surface area contributed by atoms with Crippen molar-refractivity contribution in [3.8, 4) is 0 Å². The molecule has 0 unspecified atom stereocenters. The average molecular weight is 211 g/mol. The quantitative estimate of drug-likeness (QED) is 0.431. The standard InChI is InChI=1S/C12H21NO2/c1-5-7-9(3)10(4)11(13)8-12(14)15-6-2/h5,7-10H,6,13H2,1-4H3/b7-5+,11-8+/t9-,10-/m1/s1. The van der Waals surface area contributed by atoms with E-state index < -0.39 is 0 Å². The minimum atomic E-state index is -0.366. The van der Waals surface area contributed by atoms with Gasteiger partial charge in [0.25, 0.3) is 0 Å². The number of carbonyl (C=O) groups excluding carboxylic acids is 1. The summed E-state index contributed by atoms with van der Waals surface area (Å²) >= 11 is 0. The van der Waals surface area contributed by atoms with Crippen LogP contribution in [0.1, 0.15) is 27.7 Å². The third-order valence-corrected chi connectivity index (χ3v) is 2.38. The van der Waals surface area contributed by atoms with Gasteiger partial charge in [-0.1, -0.05) is 26.0 Å². The van der Waals surface area contributed by atoms with Gasteiger partial charge in [-0.15, -0.1) is 0 Å². The van der Waals surface area contributed by atoms with Crippen molar-refractivity contribution < 1.29 is 9.53 Å². The molecular formula is C12H21NO2. The lowest BCUT2D eigenvalue weighted by Crippen LogP contribution is -2.17. The molecule has 0 aromatic rings. The highest BCUT2D eigenvalue weighted by Crippen LogP contribution is 2.17. The van der Waals surface area contributed by atoms with Crippen molar-refractivity contribution >= 4 is 5.97 Å². The molecule has 0 rings (SSSR count). The Morgan fingerprint density at radius 1 is 1.47 bits per heavy atom. The van der Waals surface area contributed by atoms with Crippen molar-refractivity contribution in [2.24, 2.45) is 17.6 Å². The van der Waals surface area contributed by atoms with Crippen LogP contribution in [-0.4, -0.2) is 12.6 Å². The molecule has 86 valence electrons. The monoisotopic (exact) mass is 211 g/mol. The van der Waals surface area contributed by atoms with Crippen LogP contribution >= 0.6 is 0 Å². The summed E-state index contributed by atoms with van der Waals surface area (Å²) in [6, 6.07) is 0. The molecule has 0 aliphatic rings. The van der Waals surface area contributed by atoms with Crippen molar-refractivity contribution in [3.63, 3.8) is 0 Å². The SMILES string of the molecule is C/C=C/[C@@H](C)[C@@H](C)/C(N)=C\C(=O)OCC. The molecule has 0 heterocycles. The van der Waals surface area contributed by atoms with Gasteiger partial charge < -0.3 is 10.5 Å². The second-order valence-corrected chi connectivity index (χ2v) is 3.57. The highest BCUT2D eigenvalue weighted by molar-refractivity contribution is 5.82. The molecule has 0 bridgehead atoms. The van der Waals surface area contributed by atoms with Gasteiger partial charge in [-0.2, -0.15) is 0 Å². The number of esters is 1. The Bertz CT molecular complexity index is 256. The minimum absolute atomic E-state index is 0.144. The van der Waals surface area contributed by atoms with Crippen LogP contribution in [0.15, 0.2) is 23.9 Å². The van der Waals surface area contributed by atoms with Crippen molar-refractivity contribution in [1.82, 2.24) is 0 Å². The smallest absolute Gasteiger partial charge is 0.332 e. The molecule has 0 aliphatic carbocycles. The van der Waals surface area contributed by atoms with E-state index in [-0.39, 0.29) is 11.9 Å². The lowest BCUT2D eigenvalue weighted by Gasteiger charge is -2.16. The molecule has 2 N–H and O–H groups in total. The van der Waals surface area contributed by atoms with E-state index in [0.29, 0.717) is 18.2 Å². The Labute approximate surface area is 92.0 Å². The molecule has 0 spiro atoms. The van der Waals surface area contributed by atoms with Gasteiger partial charge in [0, 0.05) is 17.7 Å². The molecule has 3 nitrogen and oxygen atoms in total. The summed E-state index contributed by atoms with van der Waals surface area (Å²) in [6.07, 6.45) is 5.42. The fraction of sp³-hybridized carbons (Fsp3) is 0.583. The Kier molecular flexibility index (Phi) is 6.50. The number of allylic oxidation sites excluding steroid dienone is 3. The van der Waals surface area contributed by atoms with Crippen molar-refractivity contribution in [2.45, 2.75) is 27.7 Å². The molecule has 0 saturated carbocycles. The van der Waals surface area contributed by atoms with E-state index in [0.717, 1.165) is 0 Å². The van der Waals surface area contributed by atoms with Crippen molar-refractivity contribution in [1.29, 1.82) is 0 Å². The Morgan fingerprint density at radius 2 is 2.07 bits per heavy atom. The molecule has 15 heavy (non-hydrogen) atoms. The Balaban J connectivity index is 4.41. The topological polar surface area (TPSA) is 52.3 Å². The van der Waals surface area contributed by atoms with E-state index in [2.05, 4.69) is 13.0 Å². The van der Waals surface area contributed by atoms with E-state index >= 15 is 0 Å². The van der Waals surface area contributed by atoms with E-state index in [1.54, 1.807) is 6.92 Å². The van der Waals surface area contributed by atoms with E-state index in [9.17, 15) is 4.79 Å². The van der Waals surface area contributed by atoms with E-state index in [1.165, 1.54) is 6.08 Å². The zero-order valence-corrected chi connectivity index (χ0v) is 9.99. The van der Waals surface area contributed by atoms with Gasteiger partial charge >= 0.3 is 5.97 Å². The lowest BCUT2D eigenvalue weighted by molar-refractivity contribution is -0.137. The molecule has 3 heteroatoms. The second kappa shape index (κ2) is 7.10. The summed E-state index contributed by atoms with van der Waals surface area (Å²) in [7, 11) is 0. The molecule has 0 aromatic heterocycles. The van der Waals surface area contributed by atoms with Crippen LogP contribution in [0, 0.1) is 11.8 Å². The highest BCUT2D eigenvalue weighted by Gasteiger charge is 2.13. The predicted molar refractivity (Wildman–Crippen MR) is 62.0 cm³/mol. The number of carbonyl (C=O) groups is 1. The first kappa shape index (κ1) is 13.8. The summed E-state index contributed by atoms with van der Waals surface area (Å²) in [5.41, 5.74) is 6.37. The molecular weight excluding hydrogens is 190 g/mol. The molecule has 2 atom stereocenters. The lowest BCUT2D eigenvalue weighted by atomic mass is 9.92. The van der Waals surface area contributed by atoms with E-state index in [4.69, 9.17) is 10.5 Å². The number of nitrogens with two attached hydrogens (primary N) is 1. The first-order valence-corrected chi connectivity index (χ1v) is 5.29. The summed E-state index contributed by atoms with van der Waals surface area (Å²) in [5, 5.41) is 0. The number of rotatable bonds is 5. The van der Waals surface area contributed by atoms with Gasteiger partial charge in [-0.3, -0.25) is 0 Å². The molecule has 0 aromatic carbocycles. The Morgan fingerprint density at radius 3 is 2.53 bits per heavy atom. The van der Waals surface area contributed by atoms with Crippen LogP contribution in [0.4, 0.5) is 0 Å². The van der Waals surface area contributed by atoms with Gasteiger partial charge in [0.1, 0.15) is 0 Å². The fourth-order valence-corrected chi connectivity index (χ4v) is 1.23. The third kappa shape index (κ3) is 5.25. The van der Waals surface area contributed by atoms with Crippen molar-refractivity contribution in [3.05, 3.63) is 23.9 Å². The summed E-state index contributed by atoms with van der Waals surface area (Å²) in [4.78, 5) is 11.1. The maximum Gasteiger partial charge on any atom is 0.332 e. The zero-order valence-electron chi connectivity index (χ0n) is 9.99. The zero-order chi connectivity index (χ0) is 11.8. The largest absolute Gasteiger partial charge is 0.463 e. The molecule has 0 amide bonds. The van der Waals surface area contributed by atoms with Gasteiger partial charge in [-0.05, 0) is 19.8 Å². The van der Waals surface area contributed by atoms with Gasteiger partial charge in [0.2, 0.25) is 0 Å². The van der Waals surface area contributed by atoms with Gasteiger partial charge in [0.15, 0.2) is 0 Å². The molecule has 0 radical (unpaired) electrons. The molecule has 0 saturated heterocycles. The van der Waals surface area contributed by atoms with Gasteiger partial charge in [-0.25, -0.2) is 4.79 Å². The number of hydrogen-bond donors (Lipinski definition) is 1. The first-order valence-electron chi connectivity index (χ1n) is 5.29. The fourth-order valence-electron chi connectivity index (χ4n) is 1.23. The van der Waals surface area contributed by atoms with Crippen LogP contribution in [0.25, 0.3) is 0 Å². The molecule has 0 aliphatic heterocycles. The maximum absolute atomic E-state index is 11.1. The predicted octanol–water partition coefficient (Wildman–Crippen LogP) is 2.24. The normalized spacial score (nSPS) is 16.4. The average Bonchev–Trinajstić information content (AvgIpc) is 2.17. The second-order valence-electron chi connectivity index (χ2n) is 3.57. The number of hydrogen-bond acceptors (Lipinski definition) is 3. The van der Waals surface area contributed by atoms with Crippen molar-refractivity contribution in [2.75, 3.05) is 6.61 Å². The van der Waals surface area contributed by atoms with Crippen LogP contribution < -0.4 is 5.73 Å². The summed E-state index contributed by atoms with van der Waals surface area (Å²) in [5.74, 6) is 0.0980. The Hall–Kier alpha value is -1.25. The van der Waals surface area contributed by atoms with Gasteiger partial charge in [0.05, 0.1) is 6.61 Å². The number of ether oxygens (including phenoxy) is 1. The summed E-state index contributed by atoms with van der Waals surface area (Å²) in [6.45, 7) is 8.18. The van der Waals surface area contributed by atoms with E-state index in [1.807, 2.05) is 19.9 Å². The van der Waals surface area contributed by atoms with Crippen LogP contribution in [0.3, 0.4) is 0 Å². The third-order valence-electron chi connectivity index (χ3n) is 2.38. The maximum atomic E-state index is 11.1. The van der Waals surface area contributed by atoms with Crippen LogP contribution in [0.5, 0.6) is 0 Å². The molecule has 0 fully saturated rings. The first-order chi connectivity index (χ1) is 7.02.